The second-order valence-corrected chi connectivity index (χ2v) is 7.33. The standard InChI is InChI=1S/C18H22N4OS/c1-6-24-18-12(5)20-11(4)16(22-18)10(3)14-7-13-15(21-14)9(2)8-19-17(13)23/h7,9,21H,3,6,8H2,1-2,4-5H3,(H,19,23)/t9-/m0/s1. The number of hydrogen-bond donors (Lipinski definition) is 2. The molecule has 0 saturated carbocycles. The molecule has 0 unspecified atom stereocenters. The largest absolute Gasteiger partial charge is 0.357 e. The van der Waals surface area contributed by atoms with Gasteiger partial charge in [-0.15, -0.1) is 11.8 Å². The Bertz CT molecular complexity index is 825. The molecule has 0 saturated heterocycles. The second-order valence-electron chi connectivity index (χ2n) is 6.08. The van der Waals surface area contributed by atoms with Crippen molar-refractivity contribution in [3.05, 3.63) is 46.7 Å². The summed E-state index contributed by atoms with van der Waals surface area (Å²) in [6.07, 6.45) is 0. The Morgan fingerprint density at radius 2 is 2.12 bits per heavy atom. The van der Waals surface area contributed by atoms with Gasteiger partial charge in [-0.2, -0.15) is 0 Å². The van der Waals surface area contributed by atoms with Crippen LogP contribution in [0.1, 0.15) is 58.6 Å². The van der Waals surface area contributed by atoms with Gasteiger partial charge in [0.1, 0.15) is 5.03 Å². The SMILES string of the molecule is C=C(c1cc2c([nH]1)[C@@H](C)CNC2=O)c1nc(SCC)c(C)nc1C. The first kappa shape index (κ1) is 16.8. The summed E-state index contributed by atoms with van der Waals surface area (Å²) in [6.45, 7) is 13.0. The van der Waals surface area contributed by atoms with Crippen LogP contribution in [0.2, 0.25) is 0 Å². The number of fused-ring (bicyclic) bond motifs is 1. The van der Waals surface area contributed by atoms with Gasteiger partial charge in [0.15, 0.2) is 0 Å². The van der Waals surface area contributed by atoms with Crippen molar-refractivity contribution in [2.24, 2.45) is 0 Å². The predicted octanol–water partition coefficient (Wildman–Crippen LogP) is 3.44. The van der Waals surface area contributed by atoms with E-state index in [0.29, 0.717) is 12.1 Å². The van der Waals surface area contributed by atoms with Crippen LogP contribution in [-0.2, 0) is 0 Å². The minimum absolute atomic E-state index is 0.0349. The maximum atomic E-state index is 12.1. The Morgan fingerprint density at radius 1 is 1.38 bits per heavy atom. The lowest BCUT2D eigenvalue weighted by atomic mass is 9.99. The average Bonchev–Trinajstić information content (AvgIpc) is 3.00. The normalized spacial score (nSPS) is 16.7. The number of carbonyl (C=O) groups is 1. The van der Waals surface area contributed by atoms with Gasteiger partial charge in [-0.25, -0.2) is 4.98 Å². The van der Waals surface area contributed by atoms with Gasteiger partial charge in [0, 0.05) is 29.4 Å². The van der Waals surface area contributed by atoms with Gasteiger partial charge in [0.05, 0.1) is 22.6 Å². The summed E-state index contributed by atoms with van der Waals surface area (Å²) in [4.78, 5) is 24.8. The van der Waals surface area contributed by atoms with Crippen LogP contribution < -0.4 is 5.32 Å². The zero-order valence-corrected chi connectivity index (χ0v) is 15.3. The molecule has 2 aromatic heterocycles. The van der Waals surface area contributed by atoms with Gasteiger partial charge in [-0.3, -0.25) is 9.78 Å². The van der Waals surface area contributed by atoms with E-state index in [4.69, 9.17) is 4.98 Å². The number of nitrogens with one attached hydrogen (secondary N) is 2. The molecular weight excluding hydrogens is 320 g/mol. The van der Waals surface area contributed by atoms with Crippen molar-refractivity contribution in [1.29, 1.82) is 0 Å². The van der Waals surface area contributed by atoms with Gasteiger partial charge in [0.25, 0.3) is 5.91 Å². The fraction of sp³-hybridized carbons (Fsp3) is 0.389. The monoisotopic (exact) mass is 342 g/mol. The highest BCUT2D eigenvalue weighted by atomic mass is 32.2. The summed E-state index contributed by atoms with van der Waals surface area (Å²) in [7, 11) is 0. The molecule has 126 valence electrons. The zero-order chi connectivity index (χ0) is 17.4. The molecule has 2 N–H and O–H groups in total. The topological polar surface area (TPSA) is 70.7 Å². The lowest BCUT2D eigenvalue weighted by Gasteiger charge is -2.18. The molecule has 0 spiro atoms. The number of amides is 1. The fourth-order valence-electron chi connectivity index (χ4n) is 2.96. The van der Waals surface area contributed by atoms with E-state index in [1.165, 1.54) is 0 Å². The third kappa shape index (κ3) is 2.86. The molecule has 0 aliphatic carbocycles. The first-order valence-electron chi connectivity index (χ1n) is 8.11. The Hall–Kier alpha value is -2.08. The van der Waals surface area contributed by atoms with E-state index in [9.17, 15) is 4.79 Å². The highest BCUT2D eigenvalue weighted by molar-refractivity contribution is 7.99. The Kier molecular flexibility index (Phi) is 4.49. The molecule has 24 heavy (non-hydrogen) atoms. The molecule has 2 aromatic rings. The first-order valence-corrected chi connectivity index (χ1v) is 9.09. The highest BCUT2D eigenvalue weighted by Gasteiger charge is 2.26. The van der Waals surface area contributed by atoms with E-state index < -0.39 is 0 Å². The van der Waals surface area contributed by atoms with Crippen molar-refractivity contribution in [2.45, 2.75) is 38.6 Å². The number of aryl methyl sites for hydroxylation is 2. The number of carbonyl (C=O) groups excluding carboxylic acids is 1. The Morgan fingerprint density at radius 3 is 2.79 bits per heavy atom. The molecule has 3 rings (SSSR count). The van der Waals surface area contributed by atoms with E-state index in [-0.39, 0.29) is 11.8 Å². The van der Waals surface area contributed by atoms with Crippen molar-refractivity contribution in [3.8, 4) is 0 Å². The highest BCUT2D eigenvalue weighted by Crippen LogP contribution is 2.30. The molecule has 1 aliphatic heterocycles. The van der Waals surface area contributed by atoms with Crippen LogP contribution >= 0.6 is 11.8 Å². The van der Waals surface area contributed by atoms with Gasteiger partial charge >= 0.3 is 0 Å². The Balaban J connectivity index is 2.03. The number of aromatic amines is 1. The first-order chi connectivity index (χ1) is 11.4. The number of thioether (sulfide) groups is 1. The molecular formula is C18H22N4OS. The van der Waals surface area contributed by atoms with Crippen LogP contribution in [-0.4, -0.2) is 33.2 Å². The number of H-pyrrole nitrogens is 1. The number of hydrogen-bond acceptors (Lipinski definition) is 4. The van der Waals surface area contributed by atoms with Crippen LogP contribution in [0.3, 0.4) is 0 Å². The molecule has 0 fully saturated rings. The third-order valence-electron chi connectivity index (χ3n) is 4.25. The molecule has 1 atom stereocenters. The van der Waals surface area contributed by atoms with Crippen LogP contribution in [0.15, 0.2) is 17.7 Å². The summed E-state index contributed by atoms with van der Waals surface area (Å²) in [5.74, 6) is 1.17. The van der Waals surface area contributed by atoms with E-state index in [1.807, 2.05) is 19.9 Å². The van der Waals surface area contributed by atoms with Crippen molar-refractivity contribution in [2.75, 3.05) is 12.3 Å². The number of aromatic nitrogens is 3. The van der Waals surface area contributed by atoms with Crippen LogP contribution in [0.25, 0.3) is 5.57 Å². The minimum Gasteiger partial charge on any atom is -0.357 e. The van der Waals surface area contributed by atoms with Crippen molar-refractivity contribution >= 4 is 23.2 Å². The summed E-state index contributed by atoms with van der Waals surface area (Å²) in [5.41, 5.74) is 5.84. The van der Waals surface area contributed by atoms with Gasteiger partial charge < -0.3 is 10.3 Å². The molecule has 3 heterocycles. The van der Waals surface area contributed by atoms with Crippen molar-refractivity contribution in [1.82, 2.24) is 20.3 Å². The molecule has 0 aromatic carbocycles. The molecule has 1 aliphatic rings. The van der Waals surface area contributed by atoms with Crippen LogP contribution in [0, 0.1) is 13.8 Å². The number of rotatable bonds is 4. The minimum atomic E-state index is -0.0349. The van der Waals surface area contributed by atoms with E-state index in [2.05, 4.69) is 35.7 Å². The van der Waals surface area contributed by atoms with Crippen LogP contribution in [0.5, 0.6) is 0 Å². The van der Waals surface area contributed by atoms with Gasteiger partial charge in [0.2, 0.25) is 0 Å². The van der Waals surface area contributed by atoms with E-state index in [1.54, 1.807) is 11.8 Å². The third-order valence-corrected chi connectivity index (χ3v) is 5.20. The predicted molar refractivity (Wildman–Crippen MR) is 97.6 cm³/mol. The van der Waals surface area contributed by atoms with Crippen LogP contribution in [0.4, 0.5) is 0 Å². The van der Waals surface area contributed by atoms with Gasteiger partial charge in [-0.05, 0) is 25.7 Å². The second kappa shape index (κ2) is 6.43. The maximum Gasteiger partial charge on any atom is 0.253 e. The Labute approximate surface area is 146 Å². The summed E-state index contributed by atoms with van der Waals surface area (Å²) in [6, 6.07) is 1.87. The summed E-state index contributed by atoms with van der Waals surface area (Å²) >= 11 is 1.68. The van der Waals surface area contributed by atoms with Gasteiger partial charge in [-0.1, -0.05) is 20.4 Å². The summed E-state index contributed by atoms with van der Waals surface area (Å²) in [5, 5.41) is 3.84. The number of nitrogens with zero attached hydrogens (tertiary/aromatic N) is 2. The molecule has 1 amide bonds. The lowest BCUT2D eigenvalue weighted by molar-refractivity contribution is 0.0941. The zero-order valence-electron chi connectivity index (χ0n) is 14.5. The molecule has 6 heteroatoms. The molecule has 5 nitrogen and oxygen atoms in total. The molecule has 0 radical (unpaired) electrons. The lowest BCUT2D eigenvalue weighted by Crippen LogP contribution is -2.33. The fourth-order valence-corrected chi connectivity index (χ4v) is 3.64. The smallest absolute Gasteiger partial charge is 0.253 e. The average molecular weight is 342 g/mol. The molecule has 0 bridgehead atoms. The van der Waals surface area contributed by atoms with E-state index in [0.717, 1.165) is 44.8 Å². The van der Waals surface area contributed by atoms with E-state index >= 15 is 0 Å². The summed E-state index contributed by atoms with van der Waals surface area (Å²) < 4.78 is 0. The van der Waals surface area contributed by atoms with Crippen molar-refractivity contribution in [3.63, 3.8) is 0 Å². The quantitative estimate of drug-likeness (QED) is 0.835. The maximum absolute atomic E-state index is 12.1. The van der Waals surface area contributed by atoms with Crippen molar-refractivity contribution < 1.29 is 4.79 Å².